The van der Waals surface area contributed by atoms with Crippen molar-refractivity contribution in [3.05, 3.63) is 52.8 Å². The SMILES string of the molecule is COc1ccc(COc2cc(Cl)c(F)cc2N)cc1. The molecule has 0 aromatic heterocycles. The van der Waals surface area contributed by atoms with E-state index in [4.69, 9.17) is 26.8 Å². The highest BCUT2D eigenvalue weighted by Crippen LogP contribution is 2.29. The van der Waals surface area contributed by atoms with Crippen molar-refractivity contribution in [2.24, 2.45) is 0 Å². The maximum absolute atomic E-state index is 13.1. The molecule has 100 valence electrons. The van der Waals surface area contributed by atoms with Gasteiger partial charge in [0.2, 0.25) is 0 Å². The van der Waals surface area contributed by atoms with Gasteiger partial charge in [-0.3, -0.25) is 0 Å². The van der Waals surface area contributed by atoms with Crippen LogP contribution in [0.15, 0.2) is 36.4 Å². The van der Waals surface area contributed by atoms with Gasteiger partial charge in [-0.15, -0.1) is 0 Å². The van der Waals surface area contributed by atoms with Gasteiger partial charge in [0.05, 0.1) is 17.8 Å². The predicted octanol–water partition coefficient (Wildman–Crippen LogP) is 3.65. The second-order valence-electron chi connectivity index (χ2n) is 3.94. The van der Waals surface area contributed by atoms with Gasteiger partial charge in [-0.1, -0.05) is 23.7 Å². The van der Waals surface area contributed by atoms with Crippen molar-refractivity contribution >= 4 is 17.3 Å². The molecular weight excluding hydrogens is 269 g/mol. The Labute approximate surface area is 115 Å². The fraction of sp³-hybridized carbons (Fsp3) is 0.143. The zero-order chi connectivity index (χ0) is 13.8. The summed E-state index contributed by atoms with van der Waals surface area (Å²) in [6, 6.07) is 9.93. The van der Waals surface area contributed by atoms with Crippen molar-refractivity contribution in [2.45, 2.75) is 6.61 Å². The molecule has 2 rings (SSSR count). The Kier molecular flexibility index (Phi) is 4.12. The fourth-order valence-electron chi connectivity index (χ4n) is 1.55. The minimum atomic E-state index is -0.559. The third-order valence-corrected chi connectivity index (χ3v) is 2.90. The van der Waals surface area contributed by atoms with Gasteiger partial charge in [0.1, 0.15) is 23.9 Å². The molecule has 5 heteroatoms. The number of ether oxygens (including phenoxy) is 2. The molecule has 0 saturated heterocycles. The molecule has 3 nitrogen and oxygen atoms in total. The highest BCUT2D eigenvalue weighted by Gasteiger charge is 2.07. The van der Waals surface area contributed by atoms with E-state index in [0.29, 0.717) is 12.4 Å². The van der Waals surface area contributed by atoms with Gasteiger partial charge in [-0.25, -0.2) is 4.39 Å². The Bertz CT molecular complexity index is 572. The highest BCUT2D eigenvalue weighted by atomic mass is 35.5. The number of benzene rings is 2. The third-order valence-electron chi connectivity index (χ3n) is 2.61. The van der Waals surface area contributed by atoms with Gasteiger partial charge in [0.25, 0.3) is 0 Å². The van der Waals surface area contributed by atoms with Crippen LogP contribution >= 0.6 is 11.6 Å². The summed E-state index contributed by atoms with van der Waals surface area (Å²) in [6.07, 6.45) is 0. The van der Waals surface area contributed by atoms with Gasteiger partial charge in [-0.2, -0.15) is 0 Å². The van der Waals surface area contributed by atoms with Crippen LogP contribution in [0, 0.1) is 5.82 Å². The van der Waals surface area contributed by atoms with Crippen LogP contribution in [-0.2, 0) is 6.61 Å². The zero-order valence-corrected chi connectivity index (χ0v) is 11.1. The van der Waals surface area contributed by atoms with E-state index >= 15 is 0 Å². The van der Waals surface area contributed by atoms with E-state index in [-0.39, 0.29) is 10.7 Å². The number of nitrogen functional groups attached to an aromatic ring is 1. The number of anilines is 1. The molecule has 0 spiro atoms. The van der Waals surface area contributed by atoms with Crippen LogP contribution in [0.5, 0.6) is 11.5 Å². The molecule has 2 aromatic rings. The van der Waals surface area contributed by atoms with E-state index in [1.54, 1.807) is 7.11 Å². The standard InChI is InChI=1S/C14H13ClFNO2/c1-18-10-4-2-9(3-5-10)8-19-14-6-11(15)12(16)7-13(14)17/h2-7H,8,17H2,1H3. The van der Waals surface area contributed by atoms with E-state index in [9.17, 15) is 4.39 Å². The Hall–Kier alpha value is -1.94. The Morgan fingerprint density at radius 1 is 1.21 bits per heavy atom. The van der Waals surface area contributed by atoms with Crippen molar-refractivity contribution in [2.75, 3.05) is 12.8 Å². The summed E-state index contributed by atoms with van der Waals surface area (Å²) in [5.74, 6) is 0.575. The topological polar surface area (TPSA) is 44.5 Å². The minimum absolute atomic E-state index is 0.0149. The fourth-order valence-corrected chi connectivity index (χ4v) is 1.71. The molecule has 0 aliphatic rings. The normalized spacial score (nSPS) is 10.3. The van der Waals surface area contributed by atoms with Crippen molar-refractivity contribution in [1.29, 1.82) is 0 Å². The van der Waals surface area contributed by atoms with Gasteiger partial charge >= 0.3 is 0 Å². The Morgan fingerprint density at radius 2 is 1.89 bits per heavy atom. The highest BCUT2D eigenvalue weighted by molar-refractivity contribution is 6.31. The first kappa shape index (κ1) is 13.5. The van der Waals surface area contributed by atoms with Crippen molar-refractivity contribution < 1.29 is 13.9 Å². The molecule has 0 saturated carbocycles. The number of nitrogens with two attached hydrogens (primary N) is 1. The molecule has 0 aliphatic carbocycles. The lowest BCUT2D eigenvalue weighted by Crippen LogP contribution is -1.99. The molecule has 0 bridgehead atoms. The minimum Gasteiger partial charge on any atom is -0.497 e. The number of methoxy groups -OCH3 is 1. The van der Waals surface area contributed by atoms with E-state index in [1.807, 2.05) is 24.3 Å². The van der Waals surface area contributed by atoms with E-state index < -0.39 is 5.82 Å². The van der Waals surface area contributed by atoms with Crippen molar-refractivity contribution in [1.82, 2.24) is 0 Å². The molecule has 0 fully saturated rings. The second kappa shape index (κ2) is 5.80. The number of halogens is 2. The van der Waals surface area contributed by atoms with Gasteiger partial charge in [-0.05, 0) is 17.7 Å². The summed E-state index contributed by atoms with van der Waals surface area (Å²) < 4.78 is 23.7. The lowest BCUT2D eigenvalue weighted by Gasteiger charge is -2.10. The average molecular weight is 282 g/mol. The molecule has 19 heavy (non-hydrogen) atoms. The van der Waals surface area contributed by atoms with E-state index in [0.717, 1.165) is 17.4 Å². The average Bonchev–Trinajstić information content (AvgIpc) is 2.42. The van der Waals surface area contributed by atoms with Gasteiger partial charge in [0.15, 0.2) is 0 Å². The maximum Gasteiger partial charge on any atom is 0.144 e. The van der Waals surface area contributed by atoms with Gasteiger partial charge in [0, 0.05) is 12.1 Å². The van der Waals surface area contributed by atoms with E-state index in [2.05, 4.69) is 0 Å². The van der Waals surface area contributed by atoms with E-state index in [1.165, 1.54) is 6.07 Å². The zero-order valence-electron chi connectivity index (χ0n) is 10.3. The van der Waals surface area contributed by atoms with Crippen LogP contribution < -0.4 is 15.2 Å². The number of rotatable bonds is 4. The smallest absolute Gasteiger partial charge is 0.144 e. The molecule has 0 unspecified atom stereocenters. The lowest BCUT2D eigenvalue weighted by atomic mass is 10.2. The summed E-state index contributed by atoms with van der Waals surface area (Å²) in [5, 5.41) is -0.0149. The quantitative estimate of drug-likeness (QED) is 0.870. The molecule has 0 amide bonds. The van der Waals surface area contributed by atoms with Gasteiger partial charge < -0.3 is 15.2 Å². The third kappa shape index (κ3) is 3.29. The summed E-state index contributed by atoms with van der Waals surface area (Å²) >= 11 is 5.68. The monoisotopic (exact) mass is 281 g/mol. The molecule has 0 atom stereocenters. The van der Waals surface area contributed by atoms with Crippen molar-refractivity contribution in [3.8, 4) is 11.5 Å². The maximum atomic E-state index is 13.1. The van der Waals surface area contributed by atoms with Crippen LogP contribution in [0.2, 0.25) is 5.02 Å². The summed E-state index contributed by atoms with van der Waals surface area (Å²) in [5.41, 5.74) is 6.82. The summed E-state index contributed by atoms with van der Waals surface area (Å²) in [7, 11) is 1.60. The lowest BCUT2D eigenvalue weighted by molar-refractivity contribution is 0.307. The molecule has 2 aromatic carbocycles. The van der Waals surface area contributed by atoms with Crippen LogP contribution in [0.25, 0.3) is 0 Å². The van der Waals surface area contributed by atoms with Crippen LogP contribution in [0.4, 0.5) is 10.1 Å². The van der Waals surface area contributed by atoms with Crippen LogP contribution in [0.1, 0.15) is 5.56 Å². The largest absolute Gasteiger partial charge is 0.497 e. The molecule has 0 aliphatic heterocycles. The number of hydrogen-bond donors (Lipinski definition) is 1. The molecule has 0 heterocycles. The second-order valence-corrected chi connectivity index (χ2v) is 4.35. The number of hydrogen-bond acceptors (Lipinski definition) is 3. The molecule has 0 radical (unpaired) electrons. The molecular formula is C14H13ClFNO2. The van der Waals surface area contributed by atoms with Crippen molar-refractivity contribution in [3.63, 3.8) is 0 Å². The predicted molar refractivity (Wildman–Crippen MR) is 73.1 cm³/mol. The summed E-state index contributed by atoms with van der Waals surface area (Å²) in [6.45, 7) is 0.316. The van der Waals surface area contributed by atoms with Crippen LogP contribution in [-0.4, -0.2) is 7.11 Å². The Balaban J connectivity index is 2.07. The summed E-state index contributed by atoms with van der Waals surface area (Å²) in [4.78, 5) is 0. The first-order valence-electron chi connectivity index (χ1n) is 5.60. The Morgan fingerprint density at radius 3 is 2.53 bits per heavy atom. The molecule has 2 N–H and O–H groups in total. The first-order chi connectivity index (χ1) is 9.10. The van der Waals surface area contributed by atoms with Crippen LogP contribution in [0.3, 0.4) is 0 Å². The first-order valence-corrected chi connectivity index (χ1v) is 5.98.